The molecule has 0 aliphatic carbocycles. The van der Waals surface area contributed by atoms with Crippen molar-refractivity contribution < 1.29 is 4.74 Å². The van der Waals surface area contributed by atoms with Gasteiger partial charge in [-0.1, -0.05) is 30.3 Å². The highest BCUT2D eigenvalue weighted by atomic mass is 16.5. The summed E-state index contributed by atoms with van der Waals surface area (Å²) in [6.07, 6.45) is 5.86. The van der Waals surface area contributed by atoms with Crippen molar-refractivity contribution in [2.24, 2.45) is 0 Å². The first-order valence-electron chi connectivity index (χ1n) is 14.1. The lowest BCUT2D eigenvalue weighted by atomic mass is 9.99. The number of likely N-dealkylation sites (tertiary alicyclic amines) is 1. The van der Waals surface area contributed by atoms with E-state index in [1.165, 1.54) is 53.3 Å². The average molecular weight is 499 g/mol. The van der Waals surface area contributed by atoms with Gasteiger partial charge in [-0.3, -0.25) is 0 Å². The van der Waals surface area contributed by atoms with E-state index in [0.29, 0.717) is 30.7 Å². The van der Waals surface area contributed by atoms with Crippen molar-refractivity contribution in [3.63, 3.8) is 0 Å². The summed E-state index contributed by atoms with van der Waals surface area (Å²) in [6, 6.07) is 15.3. The third kappa shape index (κ3) is 4.12. The largest absolute Gasteiger partial charge is 0.462 e. The number of piperazine rings is 1. The number of likely N-dealkylation sites (N-methyl/N-ethyl adjacent to an activating group) is 1. The van der Waals surface area contributed by atoms with E-state index in [-0.39, 0.29) is 0 Å². The summed E-state index contributed by atoms with van der Waals surface area (Å²) >= 11 is 0. The summed E-state index contributed by atoms with van der Waals surface area (Å²) in [5.74, 6) is 1.14. The number of rotatable bonds is 5. The van der Waals surface area contributed by atoms with Gasteiger partial charge >= 0.3 is 6.01 Å². The molecule has 7 nitrogen and oxygen atoms in total. The molecule has 4 aliphatic rings. The minimum absolute atomic E-state index is 0.452. The molecule has 3 fully saturated rings. The fraction of sp³-hybridized carbons (Fsp3) is 0.533. The minimum Gasteiger partial charge on any atom is -0.462 e. The number of hydrogen-bond acceptors (Lipinski definition) is 7. The fourth-order valence-corrected chi connectivity index (χ4v) is 7.13. The van der Waals surface area contributed by atoms with Crippen LogP contribution in [0.4, 0.5) is 11.5 Å². The molecule has 3 aromatic rings. The van der Waals surface area contributed by atoms with Gasteiger partial charge in [0.25, 0.3) is 0 Å². The van der Waals surface area contributed by atoms with Gasteiger partial charge in [0.15, 0.2) is 0 Å². The molecule has 1 N–H and O–H groups in total. The topological polar surface area (TPSA) is 56.8 Å². The molecule has 2 unspecified atom stereocenters. The van der Waals surface area contributed by atoms with Gasteiger partial charge in [0.1, 0.15) is 12.4 Å². The Morgan fingerprint density at radius 2 is 1.81 bits per heavy atom. The van der Waals surface area contributed by atoms with Crippen LogP contribution in [0.3, 0.4) is 0 Å². The highest BCUT2D eigenvalue weighted by molar-refractivity contribution is 5.97. The van der Waals surface area contributed by atoms with E-state index in [0.717, 1.165) is 50.7 Å². The van der Waals surface area contributed by atoms with Gasteiger partial charge < -0.3 is 24.8 Å². The third-order valence-corrected chi connectivity index (χ3v) is 9.16. The molecule has 0 amide bonds. The normalized spacial score (nSPS) is 25.6. The zero-order chi connectivity index (χ0) is 24.9. The lowest BCUT2D eigenvalue weighted by Crippen LogP contribution is -2.53. The van der Waals surface area contributed by atoms with Gasteiger partial charge in [-0.05, 0) is 69.6 Å². The number of nitrogens with one attached hydrogen (secondary N) is 1. The lowest BCUT2D eigenvalue weighted by molar-refractivity contribution is 0.187. The third-order valence-electron chi connectivity index (χ3n) is 9.16. The van der Waals surface area contributed by atoms with Crippen LogP contribution >= 0.6 is 0 Å². The van der Waals surface area contributed by atoms with Crippen LogP contribution in [0.15, 0.2) is 36.4 Å². The number of aromatic nitrogens is 2. The Kier molecular flexibility index (Phi) is 5.93. The molecule has 194 valence electrons. The Morgan fingerprint density at radius 3 is 2.59 bits per heavy atom. The number of anilines is 2. The molecule has 3 saturated heterocycles. The van der Waals surface area contributed by atoms with Crippen molar-refractivity contribution in [3.8, 4) is 6.01 Å². The van der Waals surface area contributed by atoms with E-state index < -0.39 is 0 Å². The standard InChI is InChI=1S/C30H38N6O/c1-20-6-3-7-21-8-4-10-27(28(20)21)35-15-13-25-26(18-35)32-30(37-19-24-9-5-14-34(24)2)33-29(25)36-22-11-12-23(36)17-31-16-22/h3-4,6-8,10,22-24,31H,5,9,11-19H2,1-2H3/t22?,23?,24-/m0/s1. The molecule has 0 saturated carbocycles. The summed E-state index contributed by atoms with van der Waals surface area (Å²) in [5, 5.41) is 6.28. The summed E-state index contributed by atoms with van der Waals surface area (Å²) in [5.41, 5.74) is 5.09. The summed E-state index contributed by atoms with van der Waals surface area (Å²) in [4.78, 5) is 17.7. The smallest absolute Gasteiger partial charge is 0.318 e. The van der Waals surface area contributed by atoms with Crippen molar-refractivity contribution in [1.82, 2.24) is 20.2 Å². The number of ether oxygens (including phenoxy) is 1. The highest BCUT2D eigenvalue weighted by Crippen LogP contribution is 2.39. The van der Waals surface area contributed by atoms with Crippen molar-refractivity contribution in [1.29, 1.82) is 0 Å². The molecule has 0 spiro atoms. The quantitative estimate of drug-likeness (QED) is 0.572. The molecule has 2 aromatic carbocycles. The number of fused-ring (bicyclic) bond motifs is 4. The molecule has 5 heterocycles. The van der Waals surface area contributed by atoms with Gasteiger partial charge in [0.2, 0.25) is 0 Å². The predicted octanol–water partition coefficient (Wildman–Crippen LogP) is 3.91. The van der Waals surface area contributed by atoms with Gasteiger partial charge in [-0.15, -0.1) is 0 Å². The van der Waals surface area contributed by atoms with Crippen LogP contribution in [0.1, 0.15) is 42.5 Å². The Hall–Kier alpha value is -2.90. The first kappa shape index (κ1) is 23.2. The van der Waals surface area contributed by atoms with E-state index in [1.54, 1.807) is 0 Å². The summed E-state index contributed by atoms with van der Waals surface area (Å²) in [7, 11) is 2.20. The molecule has 7 heteroatoms. The second-order valence-corrected chi connectivity index (χ2v) is 11.4. The Balaban J connectivity index is 1.25. The maximum atomic E-state index is 6.35. The van der Waals surface area contributed by atoms with Crippen LogP contribution in [0.5, 0.6) is 6.01 Å². The molecule has 7 rings (SSSR count). The molecule has 0 radical (unpaired) electrons. The number of hydrogen-bond donors (Lipinski definition) is 1. The van der Waals surface area contributed by atoms with Crippen molar-refractivity contribution in [2.75, 3.05) is 49.6 Å². The maximum absolute atomic E-state index is 6.35. The Bertz CT molecular complexity index is 1290. The van der Waals surface area contributed by atoms with Crippen LogP contribution in [-0.4, -0.2) is 72.8 Å². The molecule has 1 aromatic heterocycles. The van der Waals surface area contributed by atoms with E-state index in [2.05, 4.69) is 70.4 Å². The molecule has 4 aliphatic heterocycles. The van der Waals surface area contributed by atoms with Crippen molar-refractivity contribution >= 4 is 22.3 Å². The van der Waals surface area contributed by atoms with Gasteiger partial charge in [0.05, 0.1) is 12.2 Å². The lowest BCUT2D eigenvalue weighted by Gasteiger charge is -2.39. The first-order valence-corrected chi connectivity index (χ1v) is 14.1. The molecular weight excluding hydrogens is 460 g/mol. The van der Waals surface area contributed by atoms with Crippen LogP contribution < -0.4 is 19.9 Å². The predicted molar refractivity (Wildman–Crippen MR) is 149 cm³/mol. The highest BCUT2D eigenvalue weighted by Gasteiger charge is 2.40. The van der Waals surface area contributed by atoms with Gasteiger partial charge in [-0.2, -0.15) is 9.97 Å². The number of benzene rings is 2. The summed E-state index contributed by atoms with van der Waals surface area (Å²) in [6.45, 7) is 7.88. The maximum Gasteiger partial charge on any atom is 0.318 e. The monoisotopic (exact) mass is 498 g/mol. The van der Waals surface area contributed by atoms with Crippen LogP contribution in [0, 0.1) is 6.92 Å². The SMILES string of the molecule is Cc1cccc2cccc(N3CCc4c(nc(OC[C@@H]5CCCN5C)nc4N4C5CCC4CNC5)C3)c12. The average Bonchev–Trinajstić information content (AvgIpc) is 3.44. The second-order valence-electron chi connectivity index (χ2n) is 11.4. The Labute approximate surface area is 219 Å². The number of nitrogens with zero attached hydrogens (tertiary/aromatic N) is 5. The molecular formula is C30H38N6O. The Morgan fingerprint density at radius 1 is 1.00 bits per heavy atom. The van der Waals surface area contributed by atoms with E-state index in [9.17, 15) is 0 Å². The van der Waals surface area contributed by atoms with Gasteiger partial charge in [0, 0.05) is 54.4 Å². The van der Waals surface area contributed by atoms with Crippen molar-refractivity contribution in [3.05, 3.63) is 53.2 Å². The zero-order valence-electron chi connectivity index (χ0n) is 22.1. The number of aryl methyl sites for hydroxylation is 1. The van der Waals surface area contributed by atoms with E-state index >= 15 is 0 Å². The van der Waals surface area contributed by atoms with Crippen LogP contribution in [0.2, 0.25) is 0 Å². The minimum atomic E-state index is 0.452. The van der Waals surface area contributed by atoms with Crippen molar-refractivity contribution in [2.45, 2.75) is 63.7 Å². The zero-order valence-corrected chi connectivity index (χ0v) is 22.1. The van der Waals surface area contributed by atoms with Crippen LogP contribution in [0.25, 0.3) is 10.8 Å². The second kappa shape index (κ2) is 9.44. The fourth-order valence-electron chi connectivity index (χ4n) is 7.13. The molecule has 2 bridgehead atoms. The molecule has 37 heavy (non-hydrogen) atoms. The van der Waals surface area contributed by atoms with Gasteiger partial charge in [-0.25, -0.2) is 0 Å². The first-order chi connectivity index (χ1) is 18.2. The van der Waals surface area contributed by atoms with E-state index in [1.807, 2.05) is 0 Å². The van der Waals surface area contributed by atoms with E-state index in [4.69, 9.17) is 14.7 Å². The molecule has 3 atom stereocenters. The summed E-state index contributed by atoms with van der Waals surface area (Å²) < 4.78 is 6.35. The van der Waals surface area contributed by atoms with Crippen LogP contribution in [-0.2, 0) is 13.0 Å².